The van der Waals surface area contributed by atoms with Crippen LogP contribution in [0, 0.1) is 0 Å². The van der Waals surface area contributed by atoms with E-state index in [1.165, 1.54) is 0 Å². The molecule has 0 saturated heterocycles. The van der Waals surface area contributed by atoms with Crippen molar-refractivity contribution in [3.05, 3.63) is 36.2 Å². The van der Waals surface area contributed by atoms with Crippen molar-refractivity contribution in [3.63, 3.8) is 0 Å². The van der Waals surface area contributed by atoms with E-state index in [0.717, 1.165) is 10.6 Å². The predicted octanol–water partition coefficient (Wildman–Crippen LogP) is 1.80. The van der Waals surface area contributed by atoms with E-state index in [9.17, 15) is 4.79 Å². The number of hydrogen-bond donors (Lipinski definition) is 0. The van der Waals surface area contributed by atoms with Gasteiger partial charge in [-0.15, -0.1) is 16.9 Å². The largest absolute Gasteiger partial charge is 0.296 e. The summed E-state index contributed by atoms with van der Waals surface area (Å²) < 4.78 is 1.61. The number of rotatable bonds is 3. The smallest absolute Gasteiger partial charge is 0.171 e. The molecule has 0 aliphatic rings. The number of thioether (sulfide) groups is 1. The maximum atomic E-state index is 10.5. The van der Waals surface area contributed by atoms with E-state index in [1.807, 2.05) is 30.5 Å². The summed E-state index contributed by atoms with van der Waals surface area (Å²) in [5.41, 5.74) is 1.27. The van der Waals surface area contributed by atoms with E-state index in [2.05, 4.69) is 10.3 Å². The molecule has 0 amide bonds. The first-order chi connectivity index (χ1) is 7.35. The molecule has 0 atom stereocenters. The second kappa shape index (κ2) is 4.27. The molecule has 4 nitrogen and oxygen atoms in total. The number of para-hydroxylation sites is 1. The number of aromatic nitrogens is 3. The molecule has 0 unspecified atom stereocenters. The highest BCUT2D eigenvalue weighted by molar-refractivity contribution is 7.98. The first kappa shape index (κ1) is 9.92. The van der Waals surface area contributed by atoms with Crippen molar-refractivity contribution in [1.29, 1.82) is 0 Å². The molecule has 0 spiro atoms. The van der Waals surface area contributed by atoms with Gasteiger partial charge in [0.05, 0.1) is 11.9 Å². The Kier molecular flexibility index (Phi) is 2.82. The Labute approximate surface area is 91.3 Å². The molecule has 1 heterocycles. The van der Waals surface area contributed by atoms with Gasteiger partial charge in [-0.05, 0) is 18.4 Å². The van der Waals surface area contributed by atoms with Crippen LogP contribution in [-0.4, -0.2) is 27.5 Å². The molecular formula is C10H9N3OS. The van der Waals surface area contributed by atoms with Crippen LogP contribution in [0.3, 0.4) is 0 Å². The molecule has 0 N–H and O–H groups in total. The van der Waals surface area contributed by atoms with Crippen LogP contribution in [0.2, 0.25) is 0 Å². The van der Waals surface area contributed by atoms with Crippen molar-refractivity contribution in [2.75, 3.05) is 6.26 Å². The van der Waals surface area contributed by atoms with Gasteiger partial charge >= 0.3 is 0 Å². The zero-order valence-corrected chi connectivity index (χ0v) is 8.94. The van der Waals surface area contributed by atoms with Gasteiger partial charge in [-0.3, -0.25) is 4.79 Å². The molecule has 1 aromatic carbocycles. The van der Waals surface area contributed by atoms with Gasteiger partial charge in [-0.1, -0.05) is 17.3 Å². The molecule has 0 fully saturated rings. The minimum atomic E-state index is 0.339. The second-order valence-electron chi connectivity index (χ2n) is 2.88. The zero-order chi connectivity index (χ0) is 10.7. The van der Waals surface area contributed by atoms with Gasteiger partial charge in [0.2, 0.25) is 0 Å². The highest BCUT2D eigenvalue weighted by atomic mass is 32.2. The molecule has 15 heavy (non-hydrogen) atoms. The fraction of sp³-hybridized carbons (Fsp3) is 0.100. The van der Waals surface area contributed by atoms with Crippen LogP contribution in [0.25, 0.3) is 5.69 Å². The van der Waals surface area contributed by atoms with E-state index in [4.69, 9.17) is 0 Å². The lowest BCUT2D eigenvalue weighted by Crippen LogP contribution is -1.96. The molecular weight excluding hydrogens is 210 g/mol. The monoisotopic (exact) mass is 219 g/mol. The molecule has 0 bridgehead atoms. The van der Waals surface area contributed by atoms with Gasteiger partial charge in [0.1, 0.15) is 5.69 Å². The van der Waals surface area contributed by atoms with Gasteiger partial charge in [0.15, 0.2) is 6.29 Å². The van der Waals surface area contributed by atoms with E-state index in [0.29, 0.717) is 12.0 Å². The standard InChI is InChI=1S/C10H9N3OS/c1-15-10-5-3-2-4-9(10)13-6-8(7-14)11-12-13/h2-7H,1H3. The van der Waals surface area contributed by atoms with Crippen LogP contribution in [0.4, 0.5) is 0 Å². The van der Waals surface area contributed by atoms with E-state index < -0.39 is 0 Å². The van der Waals surface area contributed by atoms with Crippen molar-refractivity contribution in [3.8, 4) is 5.69 Å². The summed E-state index contributed by atoms with van der Waals surface area (Å²) in [7, 11) is 0. The number of carbonyl (C=O) groups excluding carboxylic acids is 1. The van der Waals surface area contributed by atoms with Crippen LogP contribution in [0.15, 0.2) is 35.4 Å². The second-order valence-corrected chi connectivity index (χ2v) is 3.73. The SMILES string of the molecule is CSc1ccccc1-n1cc(C=O)nn1. The third kappa shape index (κ3) is 1.92. The molecule has 2 rings (SSSR count). The van der Waals surface area contributed by atoms with Gasteiger partial charge in [-0.25, -0.2) is 4.68 Å². The maximum absolute atomic E-state index is 10.5. The molecule has 76 valence electrons. The lowest BCUT2D eigenvalue weighted by molar-refractivity contribution is 0.111. The minimum Gasteiger partial charge on any atom is -0.296 e. The normalized spacial score (nSPS) is 10.2. The van der Waals surface area contributed by atoms with Crippen LogP contribution in [0.5, 0.6) is 0 Å². The van der Waals surface area contributed by atoms with Gasteiger partial charge in [0.25, 0.3) is 0 Å². The molecule has 0 radical (unpaired) electrons. The van der Waals surface area contributed by atoms with E-state index in [-0.39, 0.29) is 0 Å². The van der Waals surface area contributed by atoms with Crippen molar-refractivity contribution >= 4 is 18.0 Å². The minimum absolute atomic E-state index is 0.339. The third-order valence-electron chi connectivity index (χ3n) is 1.96. The molecule has 5 heteroatoms. The summed E-state index contributed by atoms with van der Waals surface area (Å²) in [6.45, 7) is 0. The van der Waals surface area contributed by atoms with E-state index in [1.54, 1.807) is 22.6 Å². The lowest BCUT2D eigenvalue weighted by Gasteiger charge is -2.04. The van der Waals surface area contributed by atoms with E-state index >= 15 is 0 Å². The predicted molar refractivity (Wildman–Crippen MR) is 58.5 cm³/mol. The third-order valence-corrected chi connectivity index (χ3v) is 2.75. The Bertz CT molecular complexity index is 481. The van der Waals surface area contributed by atoms with Gasteiger partial charge < -0.3 is 0 Å². The fourth-order valence-corrected chi connectivity index (χ4v) is 1.85. The number of nitrogens with zero attached hydrogens (tertiary/aromatic N) is 3. The average Bonchev–Trinajstić information content (AvgIpc) is 2.77. The lowest BCUT2D eigenvalue weighted by atomic mass is 10.3. The van der Waals surface area contributed by atoms with Crippen LogP contribution < -0.4 is 0 Å². The first-order valence-electron chi connectivity index (χ1n) is 4.36. The van der Waals surface area contributed by atoms with Crippen molar-refractivity contribution in [1.82, 2.24) is 15.0 Å². The van der Waals surface area contributed by atoms with Crippen LogP contribution >= 0.6 is 11.8 Å². The van der Waals surface area contributed by atoms with Crippen LogP contribution in [-0.2, 0) is 0 Å². The summed E-state index contributed by atoms with van der Waals surface area (Å²) >= 11 is 1.63. The molecule has 1 aromatic heterocycles. The summed E-state index contributed by atoms with van der Waals surface area (Å²) in [5.74, 6) is 0. The Hall–Kier alpha value is -1.62. The van der Waals surface area contributed by atoms with Crippen LogP contribution in [0.1, 0.15) is 10.5 Å². The number of benzene rings is 1. The summed E-state index contributed by atoms with van der Waals surface area (Å²) in [5, 5.41) is 7.61. The zero-order valence-electron chi connectivity index (χ0n) is 8.12. The fourth-order valence-electron chi connectivity index (χ4n) is 1.27. The highest BCUT2D eigenvalue weighted by Gasteiger charge is 2.05. The Morgan fingerprint density at radius 3 is 2.87 bits per heavy atom. The summed E-state index contributed by atoms with van der Waals surface area (Å²) in [4.78, 5) is 11.6. The Morgan fingerprint density at radius 1 is 1.40 bits per heavy atom. The Balaban J connectivity index is 2.48. The number of hydrogen-bond acceptors (Lipinski definition) is 4. The first-order valence-corrected chi connectivity index (χ1v) is 5.58. The molecule has 2 aromatic rings. The van der Waals surface area contributed by atoms with Gasteiger partial charge in [0, 0.05) is 4.90 Å². The van der Waals surface area contributed by atoms with Gasteiger partial charge in [-0.2, -0.15) is 0 Å². The Morgan fingerprint density at radius 2 is 2.20 bits per heavy atom. The van der Waals surface area contributed by atoms with Crippen molar-refractivity contribution in [2.45, 2.75) is 4.90 Å². The molecule has 0 aliphatic heterocycles. The maximum Gasteiger partial charge on any atom is 0.171 e. The molecule has 0 aliphatic carbocycles. The summed E-state index contributed by atoms with van der Waals surface area (Å²) in [6.07, 6.45) is 4.30. The average molecular weight is 219 g/mol. The van der Waals surface area contributed by atoms with Crippen molar-refractivity contribution < 1.29 is 4.79 Å². The number of carbonyl (C=O) groups is 1. The quantitative estimate of drug-likeness (QED) is 0.583. The molecule has 0 saturated carbocycles. The summed E-state index contributed by atoms with van der Waals surface area (Å²) in [6, 6.07) is 7.83. The number of aldehydes is 1. The topological polar surface area (TPSA) is 47.8 Å². The van der Waals surface area contributed by atoms with Crippen molar-refractivity contribution in [2.24, 2.45) is 0 Å². The highest BCUT2D eigenvalue weighted by Crippen LogP contribution is 2.22.